The molecule has 2 heteroatoms. The molecule has 0 saturated carbocycles. The lowest BCUT2D eigenvalue weighted by atomic mass is 9.85. The van der Waals surface area contributed by atoms with E-state index < -0.39 is 0 Å². The summed E-state index contributed by atoms with van der Waals surface area (Å²) >= 11 is 0. The second kappa shape index (κ2) is 7.83. The Morgan fingerprint density at radius 1 is 1.12 bits per heavy atom. The number of carbonyl (C=O) groups is 1. The lowest BCUT2D eigenvalue weighted by Gasteiger charge is -2.29. The number of ketones is 1. The molecule has 0 spiro atoms. The molecule has 0 fully saturated rings. The molecule has 0 bridgehead atoms. The third-order valence-corrected chi connectivity index (χ3v) is 2.69. The highest BCUT2D eigenvalue weighted by molar-refractivity contribution is 5.83. The van der Waals surface area contributed by atoms with Crippen LogP contribution in [0.1, 0.15) is 66.7 Å². The molecule has 0 saturated heterocycles. The summed E-state index contributed by atoms with van der Waals surface area (Å²) in [6.45, 7) is 10.9. The summed E-state index contributed by atoms with van der Waals surface area (Å²) in [5, 5.41) is 0. The molecule has 0 heterocycles. The van der Waals surface area contributed by atoms with Crippen LogP contribution in [0.25, 0.3) is 0 Å². The molecular weight excluding hydrogens is 200 g/mol. The highest BCUT2D eigenvalue weighted by Crippen LogP contribution is 2.24. The van der Waals surface area contributed by atoms with Crippen molar-refractivity contribution in [3.63, 3.8) is 0 Å². The van der Waals surface area contributed by atoms with Crippen LogP contribution in [-0.4, -0.2) is 18.5 Å². The van der Waals surface area contributed by atoms with Crippen LogP contribution in [0, 0.1) is 5.41 Å². The van der Waals surface area contributed by atoms with Gasteiger partial charge in [-0.15, -0.1) is 0 Å². The zero-order valence-electron chi connectivity index (χ0n) is 11.6. The van der Waals surface area contributed by atoms with Crippen molar-refractivity contribution in [3.05, 3.63) is 0 Å². The molecular formula is C14H28O2. The molecule has 0 aliphatic rings. The van der Waals surface area contributed by atoms with Gasteiger partial charge in [-0.25, -0.2) is 0 Å². The van der Waals surface area contributed by atoms with Gasteiger partial charge in [0.2, 0.25) is 0 Å². The van der Waals surface area contributed by atoms with Gasteiger partial charge in [-0.2, -0.15) is 0 Å². The van der Waals surface area contributed by atoms with Crippen molar-refractivity contribution in [3.8, 4) is 0 Å². The topological polar surface area (TPSA) is 26.3 Å². The smallest absolute Gasteiger partial charge is 0.162 e. The van der Waals surface area contributed by atoms with E-state index >= 15 is 0 Å². The van der Waals surface area contributed by atoms with E-state index in [0.29, 0.717) is 13.0 Å². The molecule has 2 nitrogen and oxygen atoms in total. The fourth-order valence-electron chi connectivity index (χ4n) is 1.85. The summed E-state index contributed by atoms with van der Waals surface area (Å²) in [7, 11) is 0. The Hall–Kier alpha value is -0.370. The van der Waals surface area contributed by atoms with Gasteiger partial charge in [0.1, 0.15) is 6.10 Å². The maximum atomic E-state index is 12.0. The van der Waals surface area contributed by atoms with E-state index in [9.17, 15) is 4.79 Å². The Morgan fingerprint density at radius 3 is 2.19 bits per heavy atom. The summed E-state index contributed by atoms with van der Waals surface area (Å²) in [4.78, 5) is 12.0. The summed E-state index contributed by atoms with van der Waals surface area (Å²) < 4.78 is 5.58. The van der Waals surface area contributed by atoms with Crippen LogP contribution in [0.3, 0.4) is 0 Å². The predicted octanol–water partition coefficient (Wildman–Crippen LogP) is 3.98. The molecule has 0 aromatic carbocycles. The number of hydrogen-bond acceptors (Lipinski definition) is 2. The molecule has 1 unspecified atom stereocenters. The van der Waals surface area contributed by atoms with Crippen molar-refractivity contribution >= 4 is 5.78 Å². The molecule has 0 radical (unpaired) electrons. The van der Waals surface area contributed by atoms with Crippen LogP contribution in [0.15, 0.2) is 0 Å². The first-order valence-corrected chi connectivity index (χ1v) is 6.57. The normalized spacial score (nSPS) is 13.8. The summed E-state index contributed by atoms with van der Waals surface area (Å²) in [6.07, 6.45) is 5.03. The summed E-state index contributed by atoms with van der Waals surface area (Å²) in [5.41, 5.74) is -0.0855. The molecule has 16 heavy (non-hydrogen) atoms. The van der Waals surface area contributed by atoms with Gasteiger partial charge in [-0.3, -0.25) is 4.79 Å². The van der Waals surface area contributed by atoms with Crippen LogP contribution < -0.4 is 0 Å². The molecule has 1 atom stereocenters. The van der Waals surface area contributed by atoms with E-state index in [2.05, 4.69) is 27.7 Å². The maximum absolute atomic E-state index is 12.0. The molecule has 96 valence electrons. The average Bonchev–Trinajstić information content (AvgIpc) is 2.19. The predicted molar refractivity (Wildman–Crippen MR) is 68.6 cm³/mol. The number of rotatable bonds is 8. The average molecular weight is 228 g/mol. The van der Waals surface area contributed by atoms with Crippen molar-refractivity contribution in [1.82, 2.24) is 0 Å². The van der Waals surface area contributed by atoms with Gasteiger partial charge in [0, 0.05) is 13.0 Å². The van der Waals surface area contributed by atoms with E-state index in [-0.39, 0.29) is 17.3 Å². The Kier molecular flexibility index (Phi) is 7.65. The number of unbranched alkanes of at least 4 members (excludes halogenated alkanes) is 3. The van der Waals surface area contributed by atoms with Gasteiger partial charge < -0.3 is 4.74 Å². The third-order valence-electron chi connectivity index (χ3n) is 2.69. The molecule has 0 aromatic heterocycles. The molecule has 0 rings (SSSR count). The highest BCUT2D eigenvalue weighted by Gasteiger charge is 2.30. The SMILES string of the molecule is CCCCCCC(=O)C(OCC)C(C)(C)C. The van der Waals surface area contributed by atoms with Crippen molar-refractivity contribution in [2.45, 2.75) is 72.8 Å². The van der Waals surface area contributed by atoms with Gasteiger partial charge in [-0.05, 0) is 18.8 Å². The van der Waals surface area contributed by atoms with Crippen LogP contribution in [0.4, 0.5) is 0 Å². The van der Waals surface area contributed by atoms with Crippen LogP contribution >= 0.6 is 0 Å². The minimum atomic E-state index is -0.237. The van der Waals surface area contributed by atoms with Gasteiger partial charge in [0.05, 0.1) is 0 Å². The maximum Gasteiger partial charge on any atom is 0.162 e. The quantitative estimate of drug-likeness (QED) is 0.587. The largest absolute Gasteiger partial charge is 0.370 e. The van der Waals surface area contributed by atoms with E-state index in [1.807, 2.05) is 6.92 Å². The Bertz CT molecular complexity index is 191. The first-order chi connectivity index (χ1) is 7.43. The number of ether oxygens (including phenoxy) is 1. The minimum Gasteiger partial charge on any atom is -0.370 e. The fraction of sp³-hybridized carbons (Fsp3) is 0.929. The highest BCUT2D eigenvalue weighted by atomic mass is 16.5. The van der Waals surface area contributed by atoms with Crippen molar-refractivity contribution in [1.29, 1.82) is 0 Å². The first-order valence-electron chi connectivity index (χ1n) is 6.57. The number of hydrogen-bond donors (Lipinski definition) is 0. The second-order valence-corrected chi connectivity index (χ2v) is 5.48. The molecule has 0 aliphatic carbocycles. The van der Waals surface area contributed by atoms with Gasteiger partial charge in [0.15, 0.2) is 5.78 Å². The zero-order valence-corrected chi connectivity index (χ0v) is 11.6. The Balaban J connectivity index is 4.08. The fourth-order valence-corrected chi connectivity index (χ4v) is 1.85. The molecule has 0 aliphatic heterocycles. The van der Waals surface area contributed by atoms with Crippen molar-refractivity contribution in [2.24, 2.45) is 5.41 Å². The van der Waals surface area contributed by atoms with Crippen LogP contribution in [-0.2, 0) is 9.53 Å². The summed E-state index contributed by atoms with van der Waals surface area (Å²) in [6, 6.07) is 0. The lowest BCUT2D eigenvalue weighted by molar-refractivity contribution is -0.137. The number of Topliss-reactive ketones (excluding diaryl/α,β-unsaturated/α-hetero) is 1. The van der Waals surface area contributed by atoms with Crippen LogP contribution in [0.2, 0.25) is 0 Å². The van der Waals surface area contributed by atoms with Crippen LogP contribution in [0.5, 0.6) is 0 Å². The number of carbonyl (C=O) groups excluding carboxylic acids is 1. The summed E-state index contributed by atoms with van der Waals surface area (Å²) in [5.74, 6) is 0.269. The standard InChI is InChI=1S/C14H28O2/c1-6-8-9-10-11-12(15)13(16-7-2)14(3,4)5/h13H,6-11H2,1-5H3. The molecule has 0 aromatic rings. The second-order valence-electron chi connectivity index (χ2n) is 5.48. The third kappa shape index (κ3) is 6.26. The Morgan fingerprint density at radius 2 is 1.75 bits per heavy atom. The van der Waals surface area contributed by atoms with Crippen molar-refractivity contribution in [2.75, 3.05) is 6.61 Å². The van der Waals surface area contributed by atoms with Gasteiger partial charge in [-0.1, -0.05) is 47.0 Å². The van der Waals surface area contributed by atoms with Crippen molar-refractivity contribution < 1.29 is 9.53 Å². The van der Waals surface area contributed by atoms with E-state index in [1.165, 1.54) is 12.8 Å². The van der Waals surface area contributed by atoms with Gasteiger partial charge >= 0.3 is 0 Å². The lowest BCUT2D eigenvalue weighted by Crippen LogP contribution is -2.37. The van der Waals surface area contributed by atoms with E-state index in [1.54, 1.807) is 0 Å². The van der Waals surface area contributed by atoms with E-state index in [4.69, 9.17) is 4.74 Å². The zero-order chi connectivity index (χ0) is 12.6. The first kappa shape index (κ1) is 15.6. The minimum absolute atomic E-state index is 0.0855. The monoisotopic (exact) mass is 228 g/mol. The van der Waals surface area contributed by atoms with E-state index in [0.717, 1.165) is 12.8 Å². The van der Waals surface area contributed by atoms with Gasteiger partial charge in [0.25, 0.3) is 0 Å². The molecule has 0 N–H and O–H groups in total. The molecule has 0 amide bonds. The Labute approximate surface area is 101 Å².